The molecule has 0 amide bonds. The van der Waals surface area contributed by atoms with Crippen molar-refractivity contribution < 1.29 is 8.78 Å². The fourth-order valence-corrected chi connectivity index (χ4v) is 4.44. The Kier molecular flexibility index (Phi) is 3.83. The monoisotopic (exact) mass is 309 g/mol. The molecule has 0 saturated carbocycles. The van der Waals surface area contributed by atoms with Gasteiger partial charge in [0.15, 0.2) is 0 Å². The molecule has 104 valence electrons. The number of nitrogens with one attached hydrogen (secondary N) is 1. The Balaban J connectivity index is 2.05. The summed E-state index contributed by atoms with van der Waals surface area (Å²) >= 11 is 3.32. The van der Waals surface area contributed by atoms with Gasteiger partial charge in [0.1, 0.15) is 11.6 Å². The molecule has 0 bridgehead atoms. The zero-order chi connectivity index (χ0) is 14.1. The van der Waals surface area contributed by atoms with Crippen LogP contribution in [-0.2, 0) is 0 Å². The van der Waals surface area contributed by atoms with Crippen molar-refractivity contribution >= 4 is 32.1 Å². The average Bonchev–Trinajstić information content (AvgIpc) is 2.97. The Hall–Kier alpha value is -1.30. The van der Waals surface area contributed by atoms with E-state index in [1.807, 2.05) is 12.3 Å². The van der Waals surface area contributed by atoms with Crippen LogP contribution in [0.4, 0.5) is 8.78 Å². The number of benzene rings is 1. The van der Waals surface area contributed by atoms with Crippen molar-refractivity contribution in [1.29, 1.82) is 0 Å². The highest BCUT2D eigenvalue weighted by atomic mass is 32.1. The van der Waals surface area contributed by atoms with Crippen molar-refractivity contribution in [2.45, 2.75) is 13.0 Å². The van der Waals surface area contributed by atoms with Crippen molar-refractivity contribution in [3.63, 3.8) is 0 Å². The maximum atomic E-state index is 14.0. The van der Waals surface area contributed by atoms with Crippen LogP contribution in [0.25, 0.3) is 9.40 Å². The van der Waals surface area contributed by atoms with Crippen molar-refractivity contribution in [3.8, 4) is 0 Å². The molecule has 0 aliphatic heterocycles. The molecule has 0 aliphatic rings. The van der Waals surface area contributed by atoms with E-state index in [2.05, 4.69) is 17.4 Å². The van der Waals surface area contributed by atoms with E-state index in [1.54, 1.807) is 22.7 Å². The van der Waals surface area contributed by atoms with Gasteiger partial charge in [-0.25, -0.2) is 8.78 Å². The van der Waals surface area contributed by atoms with Crippen LogP contribution in [0.2, 0.25) is 0 Å². The SMILES string of the molecule is CCNC(c1cc2sccc2s1)c1ccc(F)cc1F. The number of hydrogen-bond donors (Lipinski definition) is 1. The molecule has 0 spiro atoms. The lowest BCUT2D eigenvalue weighted by atomic mass is 10.0. The van der Waals surface area contributed by atoms with Gasteiger partial charge in [0.25, 0.3) is 0 Å². The van der Waals surface area contributed by atoms with Crippen LogP contribution in [0.15, 0.2) is 35.7 Å². The van der Waals surface area contributed by atoms with Crippen LogP contribution in [0.1, 0.15) is 23.4 Å². The van der Waals surface area contributed by atoms with Gasteiger partial charge in [0.05, 0.1) is 6.04 Å². The molecule has 5 heteroatoms. The van der Waals surface area contributed by atoms with E-state index in [1.165, 1.54) is 21.5 Å². The minimum absolute atomic E-state index is 0.231. The Morgan fingerprint density at radius 2 is 2.00 bits per heavy atom. The van der Waals surface area contributed by atoms with Crippen LogP contribution in [0, 0.1) is 11.6 Å². The molecule has 1 atom stereocenters. The highest BCUT2D eigenvalue weighted by Crippen LogP contribution is 2.36. The van der Waals surface area contributed by atoms with E-state index >= 15 is 0 Å². The largest absolute Gasteiger partial charge is 0.306 e. The summed E-state index contributed by atoms with van der Waals surface area (Å²) in [4.78, 5) is 1.05. The van der Waals surface area contributed by atoms with E-state index in [0.29, 0.717) is 12.1 Å². The highest BCUT2D eigenvalue weighted by Gasteiger charge is 2.20. The van der Waals surface area contributed by atoms with E-state index < -0.39 is 11.6 Å². The van der Waals surface area contributed by atoms with Crippen LogP contribution in [-0.4, -0.2) is 6.54 Å². The third-order valence-electron chi connectivity index (χ3n) is 3.12. The number of hydrogen-bond acceptors (Lipinski definition) is 3. The molecule has 1 N–H and O–H groups in total. The van der Waals surface area contributed by atoms with Crippen LogP contribution < -0.4 is 5.32 Å². The summed E-state index contributed by atoms with van der Waals surface area (Å²) in [5.41, 5.74) is 0.488. The van der Waals surface area contributed by atoms with E-state index in [-0.39, 0.29) is 6.04 Å². The fourth-order valence-electron chi connectivity index (χ4n) is 2.23. The predicted molar refractivity (Wildman–Crippen MR) is 81.6 cm³/mol. The van der Waals surface area contributed by atoms with Gasteiger partial charge in [0.2, 0.25) is 0 Å². The lowest BCUT2D eigenvalue weighted by Gasteiger charge is -2.17. The predicted octanol–water partition coefficient (Wildman–Crippen LogP) is 4.94. The summed E-state index contributed by atoms with van der Waals surface area (Å²) in [5.74, 6) is -1.05. The quantitative estimate of drug-likeness (QED) is 0.720. The fraction of sp³-hybridized carbons (Fsp3) is 0.200. The first-order chi connectivity index (χ1) is 9.69. The van der Waals surface area contributed by atoms with Gasteiger partial charge >= 0.3 is 0 Å². The summed E-state index contributed by atoms with van der Waals surface area (Å²) in [6, 6.07) is 7.68. The summed E-state index contributed by atoms with van der Waals surface area (Å²) in [7, 11) is 0. The van der Waals surface area contributed by atoms with Crippen molar-refractivity contribution in [1.82, 2.24) is 5.32 Å². The van der Waals surface area contributed by atoms with E-state index in [0.717, 1.165) is 10.9 Å². The molecule has 0 aliphatic carbocycles. The van der Waals surface area contributed by atoms with Gasteiger partial charge < -0.3 is 5.32 Å². The first kappa shape index (κ1) is 13.7. The molecule has 1 unspecified atom stereocenters. The van der Waals surface area contributed by atoms with Crippen LogP contribution in [0.5, 0.6) is 0 Å². The second kappa shape index (κ2) is 5.60. The molecule has 0 radical (unpaired) electrons. The number of rotatable bonds is 4. The van der Waals surface area contributed by atoms with Crippen molar-refractivity contribution in [2.75, 3.05) is 6.54 Å². The first-order valence-electron chi connectivity index (χ1n) is 6.34. The number of thiophene rings is 2. The molecule has 2 aromatic heterocycles. The summed E-state index contributed by atoms with van der Waals surface area (Å²) < 4.78 is 29.5. The summed E-state index contributed by atoms with van der Waals surface area (Å²) in [6.45, 7) is 2.69. The molecule has 20 heavy (non-hydrogen) atoms. The van der Waals surface area contributed by atoms with Gasteiger partial charge in [-0.3, -0.25) is 0 Å². The van der Waals surface area contributed by atoms with E-state index in [9.17, 15) is 8.78 Å². The van der Waals surface area contributed by atoms with Gasteiger partial charge in [-0.15, -0.1) is 22.7 Å². The molecule has 1 aromatic carbocycles. The van der Waals surface area contributed by atoms with Gasteiger partial charge in [-0.05, 0) is 30.1 Å². The Bertz CT molecular complexity index is 704. The molecule has 3 rings (SSSR count). The second-order valence-electron chi connectivity index (χ2n) is 4.45. The maximum absolute atomic E-state index is 14.0. The maximum Gasteiger partial charge on any atom is 0.131 e. The number of halogens is 2. The highest BCUT2D eigenvalue weighted by molar-refractivity contribution is 7.27. The first-order valence-corrected chi connectivity index (χ1v) is 8.04. The standard InChI is InChI=1S/C15H13F2NS2/c1-2-18-15(10-4-3-9(16)7-11(10)17)14-8-13-12(20-14)5-6-19-13/h3-8,15,18H,2H2,1H3. The second-order valence-corrected chi connectivity index (χ2v) is 6.52. The molecule has 0 fully saturated rings. The molecular weight excluding hydrogens is 296 g/mol. The zero-order valence-corrected chi connectivity index (χ0v) is 12.5. The topological polar surface area (TPSA) is 12.0 Å². The molecule has 3 aromatic rings. The number of fused-ring (bicyclic) bond motifs is 1. The van der Waals surface area contributed by atoms with Crippen molar-refractivity contribution in [3.05, 3.63) is 57.8 Å². The Morgan fingerprint density at radius 1 is 1.15 bits per heavy atom. The lowest BCUT2D eigenvalue weighted by Crippen LogP contribution is -2.22. The van der Waals surface area contributed by atoms with E-state index in [4.69, 9.17) is 0 Å². The summed E-state index contributed by atoms with van der Waals surface area (Å²) in [6.07, 6.45) is 0. The Morgan fingerprint density at radius 3 is 2.70 bits per heavy atom. The smallest absolute Gasteiger partial charge is 0.131 e. The minimum atomic E-state index is -0.548. The van der Waals surface area contributed by atoms with Gasteiger partial charge in [0, 0.05) is 25.9 Å². The third kappa shape index (κ3) is 2.49. The third-order valence-corrected chi connectivity index (χ3v) is 5.28. The average molecular weight is 309 g/mol. The normalized spacial score (nSPS) is 12.9. The van der Waals surface area contributed by atoms with Crippen molar-refractivity contribution in [2.24, 2.45) is 0 Å². The van der Waals surface area contributed by atoms with Gasteiger partial charge in [-0.2, -0.15) is 0 Å². The van der Waals surface area contributed by atoms with Crippen LogP contribution in [0.3, 0.4) is 0 Å². The lowest BCUT2D eigenvalue weighted by molar-refractivity contribution is 0.544. The molecular formula is C15H13F2NS2. The molecule has 1 nitrogen and oxygen atoms in total. The van der Waals surface area contributed by atoms with Gasteiger partial charge in [-0.1, -0.05) is 13.0 Å². The molecule has 0 saturated heterocycles. The van der Waals surface area contributed by atoms with Crippen LogP contribution >= 0.6 is 22.7 Å². The Labute approximate surface area is 123 Å². The minimum Gasteiger partial charge on any atom is -0.306 e. The zero-order valence-electron chi connectivity index (χ0n) is 10.8. The summed E-state index contributed by atoms with van der Waals surface area (Å²) in [5, 5.41) is 5.33. The molecule has 2 heterocycles.